The summed E-state index contributed by atoms with van der Waals surface area (Å²) < 4.78 is 12.5. The predicted octanol–water partition coefficient (Wildman–Crippen LogP) is 3.62. The van der Waals surface area contributed by atoms with E-state index in [1.165, 1.54) is 0 Å². The van der Waals surface area contributed by atoms with Gasteiger partial charge in [-0.25, -0.2) is 4.98 Å². The number of benzene rings is 2. The van der Waals surface area contributed by atoms with Crippen molar-refractivity contribution < 1.29 is 9.15 Å². The average molecular weight is 330 g/mol. The Morgan fingerprint density at radius 3 is 2.72 bits per heavy atom. The molecule has 0 amide bonds. The number of oxazole rings is 1. The molecule has 2 aromatic heterocycles. The molecule has 0 unspecified atom stereocenters. The maximum atomic E-state index is 9.24. The maximum absolute atomic E-state index is 9.24. The molecule has 2 aromatic carbocycles. The van der Waals surface area contributed by atoms with Gasteiger partial charge in [0.05, 0.1) is 19.2 Å². The van der Waals surface area contributed by atoms with Crippen LogP contribution in [0.5, 0.6) is 5.75 Å². The van der Waals surface area contributed by atoms with Crippen LogP contribution in [-0.2, 0) is 6.54 Å². The largest absolute Gasteiger partial charge is 0.497 e. The molecule has 0 saturated heterocycles. The first kappa shape index (κ1) is 15.0. The number of aromatic nitrogens is 3. The van der Waals surface area contributed by atoms with Gasteiger partial charge in [-0.05, 0) is 36.4 Å². The minimum absolute atomic E-state index is 0.412. The lowest BCUT2D eigenvalue weighted by molar-refractivity contribution is 0.415. The van der Waals surface area contributed by atoms with Crippen molar-refractivity contribution in [2.24, 2.45) is 0 Å². The third-order valence-corrected chi connectivity index (χ3v) is 3.96. The summed E-state index contributed by atoms with van der Waals surface area (Å²) in [6.45, 7) is 0.432. The first-order chi connectivity index (χ1) is 12.3. The number of hydrogen-bond acceptors (Lipinski definition) is 5. The van der Waals surface area contributed by atoms with Gasteiger partial charge in [0.2, 0.25) is 5.89 Å². The fraction of sp³-hybridized carbons (Fsp3) is 0.105. The van der Waals surface area contributed by atoms with Crippen molar-refractivity contribution in [3.63, 3.8) is 0 Å². The Bertz CT molecular complexity index is 1070. The maximum Gasteiger partial charge on any atom is 0.226 e. The minimum atomic E-state index is 0.412. The van der Waals surface area contributed by atoms with Crippen LogP contribution in [0.25, 0.3) is 22.4 Å². The van der Waals surface area contributed by atoms with Gasteiger partial charge >= 0.3 is 0 Å². The van der Waals surface area contributed by atoms with Crippen molar-refractivity contribution in [3.05, 3.63) is 66.2 Å². The number of methoxy groups -OCH3 is 1. The number of rotatable bonds is 4. The fourth-order valence-electron chi connectivity index (χ4n) is 2.73. The van der Waals surface area contributed by atoms with Crippen LogP contribution in [-0.4, -0.2) is 21.9 Å². The van der Waals surface area contributed by atoms with Gasteiger partial charge in [0, 0.05) is 10.9 Å². The molecule has 4 aromatic rings. The van der Waals surface area contributed by atoms with Crippen LogP contribution in [0.1, 0.15) is 11.4 Å². The lowest BCUT2D eigenvalue weighted by atomic mass is 10.2. The van der Waals surface area contributed by atoms with Gasteiger partial charge in [0.1, 0.15) is 23.8 Å². The molecule has 6 heteroatoms. The van der Waals surface area contributed by atoms with E-state index in [2.05, 4.69) is 16.2 Å². The van der Waals surface area contributed by atoms with Crippen LogP contribution in [0, 0.1) is 11.3 Å². The van der Waals surface area contributed by atoms with E-state index in [9.17, 15) is 5.26 Å². The number of nitriles is 1. The van der Waals surface area contributed by atoms with Crippen LogP contribution < -0.4 is 4.74 Å². The number of ether oxygens (including phenoxy) is 1. The molecule has 0 bridgehead atoms. The average Bonchev–Trinajstić information content (AvgIpc) is 3.27. The minimum Gasteiger partial charge on any atom is -0.497 e. The summed E-state index contributed by atoms with van der Waals surface area (Å²) in [6.07, 6.45) is 1.61. The molecule has 0 N–H and O–H groups in total. The van der Waals surface area contributed by atoms with Crippen LogP contribution in [0.15, 0.2) is 59.2 Å². The summed E-state index contributed by atoms with van der Waals surface area (Å²) >= 11 is 0. The Kier molecular flexibility index (Phi) is 3.67. The van der Waals surface area contributed by atoms with Gasteiger partial charge < -0.3 is 9.15 Å². The second-order valence-corrected chi connectivity index (χ2v) is 5.51. The van der Waals surface area contributed by atoms with Gasteiger partial charge in [0.25, 0.3) is 0 Å². The van der Waals surface area contributed by atoms with Gasteiger partial charge in [-0.3, -0.25) is 4.68 Å². The second kappa shape index (κ2) is 6.13. The lowest BCUT2D eigenvalue weighted by Crippen LogP contribution is -2.02. The van der Waals surface area contributed by atoms with E-state index in [1.54, 1.807) is 18.1 Å². The molecule has 0 radical (unpaired) electrons. The highest BCUT2D eigenvalue weighted by atomic mass is 16.5. The first-order valence-corrected chi connectivity index (χ1v) is 7.73. The normalized spacial score (nSPS) is 10.7. The Labute approximate surface area is 143 Å². The number of nitrogens with zero attached hydrogens (tertiary/aromatic N) is 4. The summed E-state index contributed by atoms with van der Waals surface area (Å²) in [5, 5.41) is 14.4. The molecule has 0 fully saturated rings. The van der Waals surface area contributed by atoms with Crippen molar-refractivity contribution in [2.45, 2.75) is 6.54 Å². The molecule has 0 spiro atoms. The highest BCUT2D eigenvalue weighted by molar-refractivity contribution is 5.84. The Balaban J connectivity index is 1.64. The van der Waals surface area contributed by atoms with Crippen molar-refractivity contribution in [2.75, 3.05) is 7.11 Å². The van der Waals surface area contributed by atoms with Crippen LogP contribution in [0.4, 0.5) is 0 Å². The Hall–Kier alpha value is -3.59. The van der Waals surface area contributed by atoms with Crippen LogP contribution in [0.3, 0.4) is 0 Å². The van der Waals surface area contributed by atoms with Gasteiger partial charge in [-0.2, -0.15) is 10.4 Å². The van der Waals surface area contributed by atoms with Gasteiger partial charge in [-0.1, -0.05) is 12.1 Å². The molecule has 6 nitrogen and oxygen atoms in total. The molecule has 25 heavy (non-hydrogen) atoms. The van der Waals surface area contributed by atoms with Crippen molar-refractivity contribution in [1.82, 2.24) is 14.8 Å². The van der Waals surface area contributed by atoms with Crippen molar-refractivity contribution >= 4 is 10.9 Å². The molecule has 0 aliphatic carbocycles. The van der Waals surface area contributed by atoms with E-state index in [-0.39, 0.29) is 0 Å². The summed E-state index contributed by atoms with van der Waals surface area (Å²) in [4.78, 5) is 4.52. The van der Waals surface area contributed by atoms with Crippen molar-refractivity contribution in [3.8, 4) is 23.3 Å². The molecular formula is C19H14N4O2. The zero-order valence-electron chi connectivity index (χ0n) is 13.5. The first-order valence-electron chi connectivity index (χ1n) is 7.73. The lowest BCUT2D eigenvalue weighted by Gasteiger charge is -2.00. The second-order valence-electron chi connectivity index (χ2n) is 5.51. The molecule has 0 saturated carbocycles. The number of fused-ring (bicyclic) bond motifs is 1. The molecule has 0 aliphatic heterocycles. The fourth-order valence-corrected chi connectivity index (χ4v) is 2.73. The third kappa shape index (κ3) is 2.72. The predicted molar refractivity (Wildman–Crippen MR) is 92.0 cm³/mol. The molecular weight excluding hydrogens is 316 g/mol. The number of para-hydroxylation sites is 1. The van der Waals surface area contributed by atoms with E-state index in [0.29, 0.717) is 18.1 Å². The molecule has 0 atom stereocenters. The summed E-state index contributed by atoms with van der Waals surface area (Å²) in [5.74, 6) is 1.32. The standard InChI is InChI=1S/C19H14N4O2/c1-24-15-8-6-13(7-9-15)19-21-14(12-25-19)11-23-18-5-3-2-4-16(18)17(10-20)22-23/h2-9,12H,11H2,1H3. The quantitative estimate of drug-likeness (QED) is 0.571. The SMILES string of the molecule is COc1ccc(-c2nc(Cn3nc(C#N)c4ccccc43)co2)cc1. The van der Waals surface area contributed by atoms with Crippen molar-refractivity contribution in [1.29, 1.82) is 5.26 Å². The molecule has 4 rings (SSSR count). The zero-order valence-corrected chi connectivity index (χ0v) is 13.5. The highest BCUT2D eigenvalue weighted by Gasteiger charge is 2.12. The summed E-state index contributed by atoms with van der Waals surface area (Å²) in [6, 6.07) is 17.3. The summed E-state index contributed by atoms with van der Waals surface area (Å²) in [7, 11) is 1.63. The van der Waals surface area contributed by atoms with Crippen LogP contribution in [0.2, 0.25) is 0 Å². The molecule has 2 heterocycles. The van der Waals surface area contributed by atoms with Crippen LogP contribution >= 0.6 is 0 Å². The van der Waals surface area contributed by atoms with E-state index >= 15 is 0 Å². The number of hydrogen-bond donors (Lipinski definition) is 0. The topological polar surface area (TPSA) is 76.9 Å². The molecule has 122 valence electrons. The van der Waals surface area contributed by atoms with Gasteiger partial charge in [-0.15, -0.1) is 0 Å². The smallest absolute Gasteiger partial charge is 0.226 e. The zero-order chi connectivity index (χ0) is 17.2. The van der Waals surface area contributed by atoms with E-state index in [0.717, 1.165) is 27.9 Å². The Morgan fingerprint density at radius 1 is 1.16 bits per heavy atom. The highest BCUT2D eigenvalue weighted by Crippen LogP contribution is 2.23. The van der Waals surface area contributed by atoms with E-state index < -0.39 is 0 Å². The Morgan fingerprint density at radius 2 is 1.96 bits per heavy atom. The third-order valence-electron chi connectivity index (χ3n) is 3.96. The van der Waals surface area contributed by atoms with E-state index in [4.69, 9.17) is 9.15 Å². The summed E-state index contributed by atoms with van der Waals surface area (Å²) in [5.41, 5.74) is 2.92. The molecule has 0 aliphatic rings. The van der Waals surface area contributed by atoms with Gasteiger partial charge in [0.15, 0.2) is 5.69 Å². The van der Waals surface area contributed by atoms with E-state index in [1.807, 2.05) is 48.5 Å². The monoisotopic (exact) mass is 330 g/mol.